The summed E-state index contributed by atoms with van der Waals surface area (Å²) >= 11 is 0. The standard InChI is InChI=1S/C17H17N3O/c1-12(20-17(21)13-6-8-18-9-7-13)10-14-11-19-16-5-3-2-4-15(14)16/h2-9,11-12,19H,10H2,1H3,(H,20,21). The minimum absolute atomic E-state index is 0.0601. The first kappa shape index (κ1) is 13.4. The van der Waals surface area contributed by atoms with E-state index in [4.69, 9.17) is 0 Å². The van der Waals surface area contributed by atoms with Crippen LogP contribution < -0.4 is 5.32 Å². The fraction of sp³-hybridized carbons (Fsp3) is 0.176. The Balaban J connectivity index is 1.69. The summed E-state index contributed by atoms with van der Waals surface area (Å²) in [4.78, 5) is 19.3. The molecular formula is C17H17N3O. The normalized spacial score (nSPS) is 12.2. The number of hydrogen-bond donors (Lipinski definition) is 2. The SMILES string of the molecule is CC(Cc1c[nH]c2ccccc12)NC(=O)c1ccncc1. The highest BCUT2D eigenvalue weighted by Crippen LogP contribution is 2.19. The lowest BCUT2D eigenvalue weighted by molar-refractivity contribution is 0.0940. The first-order valence-corrected chi connectivity index (χ1v) is 7.00. The van der Waals surface area contributed by atoms with Gasteiger partial charge in [0.05, 0.1) is 0 Å². The molecule has 0 saturated carbocycles. The second-order valence-corrected chi connectivity index (χ2v) is 5.17. The van der Waals surface area contributed by atoms with Gasteiger partial charge in [-0.25, -0.2) is 0 Å². The highest BCUT2D eigenvalue weighted by molar-refractivity contribution is 5.94. The van der Waals surface area contributed by atoms with Crippen molar-refractivity contribution in [3.8, 4) is 0 Å². The quantitative estimate of drug-likeness (QED) is 0.771. The van der Waals surface area contributed by atoms with Crippen LogP contribution in [0.2, 0.25) is 0 Å². The van der Waals surface area contributed by atoms with E-state index in [1.807, 2.05) is 25.3 Å². The summed E-state index contributed by atoms with van der Waals surface area (Å²) in [6, 6.07) is 11.7. The molecule has 1 unspecified atom stereocenters. The largest absolute Gasteiger partial charge is 0.361 e. The number of rotatable bonds is 4. The van der Waals surface area contributed by atoms with Crippen LogP contribution in [-0.4, -0.2) is 21.9 Å². The van der Waals surface area contributed by atoms with Gasteiger partial charge in [0.25, 0.3) is 5.91 Å². The molecule has 106 valence electrons. The molecule has 0 aliphatic heterocycles. The number of aromatic amines is 1. The summed E-state index contributed by atoms with van der Waals surface area (Å²) in [5.41, 5.74) is 2.98. The Hall–Kier alpha value is -2.62. The molecule has 0 spiro atoms. The van der Waals surface area contributed by atoms with Gasteiger partial charge < -0.3 is 10.3 Å². The van der Waals surface area contributed by atoms with Gasteiger partial charge in [0, 0.05) is 41.1 Å². The van der Waals surface area contributed by atoms with Crippen molar-refractivity contribution >= 4 is 16.8 Å². The zero-order valence-corrected chi connectivity index (χ0v) is 11.8. The van der Waals surface area contributed by atoms with Crippen LogP contribution in [0.1, 0.15) is 22.8 Å². The topological polar surface area (TPSA) is 57.8 Å². The number of carbonyl (C=O) groups is 1. The summed E-state index contributed by atoms with van der Waals surface area (Å²) < 4.78 is 0. The van der Waals surface area contributed by atoms with Crippen molar-refractivity contribution in [3.63, 3.8) is 0 Å². The molecule has 3 rings (SSSR count). The summed E-state index contributed by atoms with van der Waals surface area (Å²) in [5, 5.41) is 4.23. The van der Waals surface area contributed by atoms with Gasteiger partial charge in [-0.2, -0.15) is 0 Å². The number of aromatic nitrogens is 2. The van der Waals surface area contributed by atoms with E-state index >= 15 is 0 Å². The summed E-state index contributed by atoms with van der Waals surface area (Å²) in [7, 11) is 0. The van der Waals surface area contributed by atoms with E-state index in [9.17, 15) is 4.79 Å². The van der Waals surface area contributed by atoms with E-state index in [0.717, 1.165) is 11.9 Å². The molecule has 4 nitrogen and oxygen atoms in total. The molecule has 21 heavy (non-hydrogen) atoms. The average Bonchev–Trinajstić information content (AvgIpc) is 2.91. The Morgan fingerprint density at radius 1 is 1.24 bits per heavy atom. The number of hydrogen-bond acceptors (Lipinski definition) is 2. The van der Waals surface area contributed by atoms with Crippen LogP contribution in [0.3, 0.4) is 0 Å². The van der Waals surface area contributed by atoms with E-state index in [0.29, 0.717) is 5.56 Å². The molecule has 2 heterocycles. The third-order valence-corrected chi connectivity index (χ3v) is 3.52. The molecule has 1 amide bonds. The fourth-order valence-electron chi connectivity index (χ4n) is 2.49. The van der Waals surface area contributed by atoms with Crippen molar-refractivity contribution in [2.75, 3.05) is 0 Å². The molecule has 0 saturated heterocycles. The molecule has 2 aromatic heterocycles. The monoisotopic (exact) mass is 279 g/mol. The van der Waals surface area contributed by atoms with Crippen molar-refractivity contribution in [1.82, 2.24) is 15.3 Å². The summed E-state index contributed by atoms with van der Waals surface area (Å²) in [5.74, 6) is -0.0651. The molecule has 0 fully saturated rings. The third-order valence-electron chi connectivity index (χ3n) is 3.52. The van der Waals surface area contributed by atoms with E-state index in [2.05, 4.69) is 27.4 Å². The number of H-pyrrole nitrogens is 1. The number of pyridine rings is 1. The predicted molar refractivity (Wildman–Crippen MR) is 83.2 cm³/mol. The first-order chi connectivity index (χ1) is 10.2. The van der Waals surface area contributed by atoms with Gasteiger partial charge in [-0.3, -0.25) is 9.78 Å². The van der Waals surface area contributed by atoms with Crippen molar-refractivity contribution in [2.24, 2.45) is 0 Å². The van der Waals surface area contributed by atoms with Crippen LogP contribution in [0.25, 0.3) is 10.9 Å². The van der Waals surface area contributed by atoms with Crippen LogP contribution >= 0.6 is 0 Å². The molecule has 4 heteroatoms. The smallest absolute Gasteiger partial charge is 0.251 e. The molecule has 1 atom stereocenters. The second-order valence-electron chi connectivity index (χ2n) is 5.17. The maximum Gasteiger partial charge on any atom is 0.251 e. The van der Waals surface area contributed by atoms with Gasteiger partial charge in [-0.1, -0.05) is 18.2 Å². The zero-order valence-electron chi connectivity index (χ0n) is 11.8. The third kappa shape index (κ3) is 2.94. The maximum absolute atomic E-state index is 12.1. The Morgan fingerprint density at radius 3 is 2.81 bits per heavy atom. The van der Waals surface area contributed by atoms with E-state index < -0.39 is 0 Å². The highest BCUT2D eigenvalue weighted by Gasteiger charge is 2.12. The maximum atomic E-state index is 12.1. The van der Waals surface area contributed by atoms with E-state index in [-0.39, 0.29) is 11.9 Å². The van der Waals surface area contributed by atoms with Gasteiger partial charge in [-0.05, 0) is 37.1 Å². The van der Waals surface area contributed by atoms with E-state index in [1.54, 1.807) is 24.5 Å². The molecule has 3 aromatic rings. The van der Waals surface area contributed by atoms with Gasteiger partial charge >= 0.3 is 0 Å². The first-order valence-electron chi connectivity index (χ1n) is 7.00. The Bertz CT molecular complexity index is 749. The van der Waals surface area contributed by atoms with Gasteiger partial charge in [0.1, 0.15) is 0 Å². The Labute approximate surface area is 123 Å². The lowest BCUT2D eigenvalue weighted by Crippen LogP contribution is -2.34. The number of carbonyl (C=O) groups excluding carboxylic acids is 1. The number of nitrogens with one attached hydrogen (secondary N) is 2. The Kier molecular flexibility index (Phi) is 3.69. The van der Waals surface area contributed by atoms with Crippen LogP contribution in [-0.2, 0) is 6.42 Å². The van der Waals surface area contributed by atoms with Crippen LogP contribution in [0.5, 0.6) is 0 Å². The van der Waals surface area contributed by atoms with Gasteiger partial charge in [0.2, 0.25) is 0 Å². The van der Waals surface area contributed by atoms with Crippen molar-refractivity contribution in [2.45, 2.75) is 19.4 Å². The van der Waals surface area contributed by atoms with Crippen LogP contribution in [0, 0.1) is 0 Å². The predicted octanol–water partition coefficient (Wildman–Crippen LogP) is 2.92. The molecule has 0 bridgehead atoms. The van der Waals surface area contributed by atoms with Crippen LogP contribution in [0.15, 0.2) is 55.0 Å². The minimum atomic E-state index is -0.0651. The number of para-hydroxylation sites is 1. The van der Waals surface area contributed by atoms with Crippen molar-refractivity contribution < 1.29 is 4.79 Å². The summed E-state index contributed by atoms with van der Waals surface area (Å²) in [6.45, 7) is 2.01. The fourth-order valence-corrected chi connectivity index (χ4v) is 2.49. The lowest BCUT2D eigenvalue weighted by atomic mass is 10.1. The molecule has 0 radical (unpaired) electrons. The molecular weight excluding hydrogens is 262 g/mol. The van der Waals surface area contributed by atoms with Crippen LogP contribution in [0.4, 0.5) is 0 Å². The number of fused-ring (bicyclic) bond motifs is 1. The van der Waals surface area contributed by atoms with Crippen molar-refractivity contribution in [1.29, 1.82) is 0 Å². The molecule has 2 N–H and O–H groups in total. The van der Waals surface area contributed by atoms with Gasteiger partial charge in [0.15, 0.2) is 0 Å². The van der Waals surface area contributed by atoms with Gasteiger partial charge in [-0.15, -0.1) is 0 Å². The zero-order chi connectivity index (χ0) is 14.7. The number of benzene rings is 1. The van der Waals surface area contributed by atoms with Crippen molar-refractivity contribution in [3.05, 3.63) is 66.1 Å². The average molecular weight is 279 g/mol. The molecule has 0 aliphatic carbocycles. The summed E-state index contributed by atoms with van der Waals surface area (Å²) in [6.07, 6.45) is 6.05. The second kappa shape index (κ2) is 5.79. The molecule has 1 aromatic carbocycles. The number of amides is 1. The molecule has 0 aliphatic rings. The highest BCUT2D eigenvalue weighted by atomic mass is 16.1. The lowest BCUT2D eigenvalue weighted by Gasteiger charge is -2.13. The van der Waals surface area contributed by atoms with E-state index in [1.165, 1.54) is 10.9 Å². The number of nitrogens with zero attached hydrogens (tertiary/aromatic N) is 1. The Morgan fingerprint density at radius 2 is 2.00 bits per heavy atom. The minimum Gasteiger partial charge on any atom is -0.361 e.